The van der Waals surface area contributed by atoms with E-state index < -0.39 is 60.4 Å². The molecule has 0 heterocycles. The number of benzene rings is 1. The fraction of sp³-hybridized carbons (Fsp3) is 0.577. The van der Waals surface area contributed by atoms with Crippen LogP contribution in [0.3, 0.4) is 0 Å². The summed E-state index contributed by atoms with van der Waals surface area (Å²) in [7, 11) is 1.20. The van der Waals surface area contributed by atoms with Gasteiger partial charge in [-0.25, -0.2) is 4.79 Å². The molecule has 1 aromatic rings. The van der Waals surface area contributed by atoms with Crippen LogP contribution in [0.1, 0.15) is 71.0 Å². The third kappa shape index (κ3) is 10.9. The van der Waals surface area contributed by atoms with Crippen molar-refractivity contribution in [3.8, 4) is 0 Å². The quantitative estimate of drug-likeness (QED) is 0.336. The molecule has 0 radical (unpaired) electrons. The first-order chi connectivity index (χ1) is 17.3. The number of carbonyl (C=O) groups excluding carboxylic acids is 5. The first-order valence-electron chi connectivity index (χ1n) is 12.3. The van der Waals surface area contributed by atoms with E-state index in [0.29, 0.717) is 18.4 Å². The lowest BCUT2D eigenvalue weighted by atomic mass is 9.99. The van der Waals surface area contributed by atoms with Crippen LogP contribution in [-0.4, -0.2) is 66.5 Å². The largest absolute Gasteiger partial charge is 0.468 e. The Labute approximate surface area is 218 Å². The number of methoxy groups -OCH3 is 1. The number of primary amides is 1. The smallest absolute Gasteiger partial charge is 0.408 e. The molecule has 1 rings (SSSR count). The van der Waals surface area contributed by atoms with Crippen LogP contribution in [0.2, 0.25) is 0 Å². The Morgan fingerprint density at radius 1 is 1.05 bits per heavy atom. The summed E-state index contributed by atoms with van der Waals surface area (Å²) in [6.45, 7) is 8.64. The number of aryl methyl sites for hydroxylation is 1. The van der Waals surface area contributed by atoms with E-state index in [0.717, 1.165) is 12.0 Å². The van der Waals surface area contributed by atoms with Crippen molar-refractivity contribution in [3.63, 3.8) is 0 Å². The molecule has 1 aromatic carbocycles. The number of hydrogen-bond donors (Lipinski definition) is 3. The molecule has 37 heavy (non-hydrogen) atoms. The van der Waals surface area contributed by atoms with E-state index in [9.17, 15) is 24.0 Å². The summed E-state index contributed by atoms with van der Waals surface area (Å²) in [6, 6.07) is 4.65. The predicted octanol–water partition coefficient (Wildman–Crippen LogP) is 1.98. The lowest BCUT2D eigenvalue weighted by Crippen LogP contribution is -2.54. The number of nitrogens with two attached hydrogens (primary N) is 1. The van der Waals surface area contributed by atoms with Gasteiger partial charge in [0.25, 0.3) is 0 Å². The van der Waals surface area contributed by atoms with Crippen molar-refractivity contribution in [1.29, 1.82) is 0 Å². The Hall–Kier alpha value is -3.63. The number of esters is 1. The maximum Gasteiger partial charge on any atom is 0.408 e. The molecule has 0 aliphatic carbocycles. The van der Waals surface area contributed by atoms with E-state index in [2.05, 4.69) is 15.4 Å². The number of nitrogens with one attached hydrogen (secondary N) is 2. The molecule has 0 fully saturated rings. The average molecular weight is 521 g/mol. The number of unbranched alkanes of at least 4 members (excludes halogenated alkanes) is 1. The molecule has 11 nitrogen and oxygen atoms in total. The van der Waals surface area contributed by atoms with Crippen LogP contribution in [0.15, 0.2) is 24.3 Å². The maximum absolute atomic E-state index is 13.8. The molecule has 0 aliphatic heterocycles. The maximum atomic E-state index is 13.8. The Bertz CT molecular complexity index is 941. The minimum absolute atomic E-state index is 0.145. The molecule has 4 N–H and O–H groups in total. The highest BCUT2D eigenvalue weighted by Gasteiger charge is 2.36. The van der Waals surface area contributed by atoms with E-state index >= 15 is 0 Å². The molecule has 0 saturated carbocycles. The number of alkyl carbamates (subject to hydrolysis) is 1. The van der Waals surface area contributed by atoms with Gasteiger partial charge in [0.1, 0.15) is 24.2 Å². The molecule has 0 saturated heterocycles. The Morgan fingerprint density at radius 2 is 1.68 bits per heavy atom. The predicted molar refractivity (Wildman–Crippen MR) is 137 cm³/mol. The van der Waals surface area contributed by atoms with E-state index in [1.807, 2.05) is 26.0 Å². The second-order valence-corrected chi connectivity index (χ2v) is 9.55. The van der Waals surface area contributed by atoms with Crippen LogP contribution in [0.25, 0.3) is 0 Å². The van der Waals surface area contributed by atoms with Crippen LogP contribution in [0.4, 0.5) is 4.79 Å². The summed E-state index contributed by atoms with van der Waals surface area (Å²) < 4.78 is 9.86. The second-order valence-electron chi connectivity index (χ2n) is 9.55. The van der Waals surface area contributed by atoms with Gasteiger partial charge >= 0.3 is 12.1 Å². The van der Waals surface area contributed by atoms with Gasteiger partial charge in [0.05, 0.1) is 13.5 Å². The molecule has 4 amide bonds. The van der Waals surface area contributed by atoms with E-state index in [4.69, 9.17) is 10.5 Å². The van der Waals surface area contributed by atoms with Crippen molar-refractivity contribution in [2.45, 2.75) is 78.0 Å². The van der Waals surface area contributed by atoms with Crippen LogP contribution < -0.4 is 16.4 Å². The van der Waals surface area contributed by atoms with Crippen LogP contribution in [0.5, 0.6) is 0 Å². The van der Waals surface area contributed by atoms with Gasteiger partial charge in [0.2, 0.25) is 17.7 Å². The number of rotatable bonds is 13. The number of amides is 4. The number of carbonyl (C=O) groups is 5. The average Bonchev–Trinajstić information content (AvgIpc) is 2.82. The summed E-state index contributed by atoms with van der Waals surface area (Å²) in [5, 5.41) is 4.94. The summed E-state index contributed by atoms with van der Waals surface area (Å²) in [5.41, 5.74) is 6.06. The number of hydrogen-bond acceptors (Lipinski definition) is 7. The number of nitrogens with zero attached hydrogens (tertiary/aromatic N) is 1. The zero-order chi connectivity index (χ0) is 28.2. The molecule has 206 valence electrons. The molecule has 0 aliphatic rings. The van der Waals surface area contributed by atoms with Crippen molar-refractivity contribution in [2.75, 3.05) is 20.2 Å². The van der Waals surface area contributed by atoms with Crippen molar-refractivity contribution >= 4 is 29.8 Å². The van der Waals surface area contributed by atoms with Crippen molar-refractivity contribution in [1.82, 2.24) is 15.5 Å². The summed E-state index contributed by atoms with van der Waals surface area (Å²) in [4.78, 5) is 64.4. The van der Waals surface area contributed by atoms with Gasteiger partial charge in [-0.1, -0.05) is 44.5 Å². The van der Waals surface area contributed by atoms with Gasteiger partial charge in [-0.15, -0.1) is 0 Å². The fourth-order valence-electron chi connectivity index (χ4n) is 3.48. The fourth-order valence-corrected chi connectivity index (χ4v) is 3.48. The zero-order valence-corrected chi connectivity index (χ0v) is 22.6. The highest BCUT2D eigenvalue weighted by molar-refractivity contribution is 5.95. The molecule has 2 atom stereocenters. The second kappa shape index (κ2) is 14.8. The topological polar surface area (TPSA) is 157 Å². The molecular formula is C26H40N4O7. The van der Waals surface area contributed by atoms with Gasteiger partial charge in [0.15, 0.2) is 0 Å². The Balaban J connectivity index is 3.47. The molecule has 11 heteroatoms. The lowest BCUT2D eigenvalue weighted by molar-refractivity contribution is -0.145. The SMILES string of the molecule is CCCCN(C(=O)C(CC(N)=O)NC(=O)OC(C)(C)C)C(C(=O)NCC(=O)OC)c1ccc(CC)cc1. The first-order valence-corrected chi connectivity index (χ1v) is 12.3. The number of ether oxygens (including phenoxy) is 2. The first kappa shape index (κ1) is 31.4. The Kier molecular flexibility index (Phi) is 12.6. The molecule has 0 bridgehead atoms. The van der Waals surface area contributed by atoms with Crippen molar-refractivity contribution in [2.24, 2.45) is 5.73 Å². The highest BCUT2D eigenvalue weighted by atomic mass is 16.6. The Morgan fingerprint density at radius 3 is 2.16 bits per heavy atom. The van der Waals surface area contributed by atoms with Gasteiger partial charge in [0, 0.05) is 6.54 Å². The highest BCUT2D eigenvalue weighted by Crippen LogP contribution is 2.24. The van der Waals surface area contributed by atoms with Gasteiger partial charge in [-0.2, -0.15) is 0 Å². The minimum atomic E-state index is -1.37. The van der Waals surface area contributed by atoms with Gasteiger partial charge in [-0.05, 0) is 44.7 Å². The zero-order valence-electron chi connectivity index (χ0n) is 22.6. The molecule has 0 spiro atoms. The van der Waals surface area contributed by atoms with Gasteiger partial charge in [-0.3, -0.25) is 19.2 Å². The molecular weight excluding hydrogens is 480 g/mol. The van der Waals surface area contributed by atoms with Gasteiger partial charge < -0.3 is 30.7 Å². The summed E-state index contributed by atoms with van der Waals surface area (Å²) >= 11 is 0. The summed E-state index contributed by atoms with van der Waals surface area (Å²) in [5.74, 6) is -2.77. The van der Waals surface area contributed by atoms with Crippen LogP contribution in [0, 0.1) is 0 Å². The van der Waals surface area contributed by atoms with E-state index in [1.165, 1.54) is 12.0 Å². The summed E-state index contributed by atoms with van der Waals surface area (Å²) in [6.07, 6.45) is 0.621. The normalized spacial score (nSPS) is 12.6. The lowest BCUT2D eigenvalue weighted by Gasteiger charge is -2.34. The minimum Gasteiger partial charge on any atom is -0.468 e. The monoisotopic (exact) mass is 520 g/mol. The van der Waals surface area contributed by atoms with Crippen molar-refractivity contribution < 1.29 is 33.4 Å². The van der Waals surface area contributed by atoms with Crippen LogP contribution in [-0.2, 0) is 35.1 Å². The third-order valence-corrected chi connectivity index (χ3v) is 5.33. The van der Waals surface area contributed by atoms with E-state index in [1.54, 1.807) is 32.9 Å². The van der Waals surface area contributed by atoms with Crippen molar-refractivity contribution in [3.05, 3.63) is 35.4 Å². The molecule has 0 aromatic heterocycles. The standard InChI is InChI=1S/C26H40N4O7/c1-7-9-14-30(24(34)19(15-20(27)31)29-25(35)37-26(3,4)5)22(23(33)28-16-21(32)36-6)18-12-10-17(8-2)11-13-18/h10-13,19,22H,7-9,14-16H2,1-6H3,(H2,27,31)(H,28,33)(H,29,35). The van der Waals surface area contributed by atoms with Crippen LogP contribution >= 0.6 is 0 Å². The van der Waals surface area contributed by atoms with E-state index in [-0.39, 0.29) is 6.54 Å². The molecule has 2 unspecified atom stereocenters. The third-order valence-electron chi connectivity index (χ3n) is 5.33.